The van der Waals surface area contributed by atoms with Crippen LogP contribution >= 0.6 is 0 Å². The zero-order valence-electron chi connectivity index (χ0n) is 9.98. The summed E-state index contributed by atoms with van der Waals surface area (Å²) in [6, 6.07) is 6.19. The number of hydrogen-bond acceptors (Lipinski definition) is 4. The number of aliphatic hydroxyl groups excluding tert-OH is 1. The molecule has 1 aliphatic rings. The lowest BCUT2D eigenvalue weighted by Crippen LogP contribution is -2.45. The van der Waals surface area contributed by atoms with Crippen molar-refractivity contribution in [3.8, 4) is 0 Å². The molecule has 0 saturated heterocycles. The summed E-state index contributed by atoms with van der Waals surface area (Å²) in [6.45, 7) is 1.58. The maximum Gasteiger partial charge on any atom is 0.458 e. The summed E-state index contributed by atoms with van der Waals surface area (Å²) in [4.78, 5) is 4.12. The van der Waals surface area contributed by atoms with E-state index in [2.05, 4.69) is 9.99 Å². The van der Waals surface area contributed by atoms with E-state index in [0.29, 0.717) is 11.1 Å². The molecule has 7 heteroatoms. The van der Waals surface area contributed by atoms with E-state index in [0.717, 1.165) is 0 Å². The van der Waals surface area contributed by atoms with Gasteiger partial charge in [0.05, 0.1) is 18.2 Å². The van der Waals surface area contributed by atoms with Crippen molar-refractivity contribution in [3.05, 3.63) is 35.4 Å². The number of benzene rings is 1. The number of oxime groups is 1. The molecule has 1 aromatic rings. The highest BCUT2D eigenvalue weighted by Crippen LogP contribution is 2.38. The number of alkyl halides is 3. The van der Waals surface area contributed by atoms with Gasteiger partial charge in [-0.05, 0) is 18.1 Å². The normalized spacial score (nSPS) is 24.8. The van der Waals surface area contributed by atoms with Crippen LogP contribution in [0.15, 0.2) is 29.4 Å². The zero-order valence-corrected chi connectivity index (χ0v) is 9.98. The fraction of sp³-hybridized carbons (Fsp3) is 0.417. The molecule has 0 fully saturated rings. The smallest absolute Gasteiger partial charge is 0.389 e. The quantitative estimate of drug-likeness (QED) is 0.869. The van der Waals surface area contributed by atoms with Gasteiger partial charge in [-0.1, -0.05) is 29.4 Å². The van der Waals surface area contributed by atoms with Crippen molar-refractivity contribution in [1.29, 1.82) is 0 Å². The van der Waals surface area contributed by atoms with Crippen LogP contribution in [0.5, 0.6) is 0 Å². The van der Waals surface area contributed by atoms with Crippen molar-refractivity contribution in [1.82, 2.24) is 0 Å². The third kappa shape index (κ3) is 2.57. The number of aliphatic hydroxyl groups is 2. The molecule has 0 radical (unpaired) electrons. The van der Waals surface area contributed by atoms with E-state index in [-0.39, 0.29) is 5.71 Å². The first kappa shape index (κ1) is 13.8. The van der Waals surface area contributed by atoms with Crippen LogP contribution < -0.4 is 0 Å². The van der Waals surface area contributed by atoms with Gasteiger partial charge in [0.1, 0.15) is 0 Å². The van der Waals surface area contributed by atoms with Crippen LogP contribution in [0, 0.1) is 0 Å². The average molecular weight is 275 g/mol. The highest BCUT2D eigenvalue weighted by atomic mass is 19.4. The number of nitrogens with zero attached hydrogens (tertiary/aromatic N) is 1. The van der Waals surface area contributed by atoms with Gasteiger partial charge in [-0.3, -0.25) is 0 Å². The maximum absolute atomic E-state index is 12.5. The summed E-state index contributed by atoms with van der Waals surface area (Å²) >= 11 is 0. The van der Waals surface area contributed by atoms with E-state index >= 15 is 0 Å². The van der Waals surface area contributed by atoms with Gasteiger partial charge >= 0.3 is 12.0 Å². The van der Waals surface area contributed by atoms with Crippen molar-refractivity contribution in [2.24, 2.45) is 5.16 Å². The molecule has 104 valence electrons. The van der Waals surface area contributed by atoms with E-state index in [1.807, 2.05) is 0 Å². The van der Waals surface area contributed by atoms with Crippen LogP contribution in [0.2, 0.25) is 0 Å². The second-order valence-electron chi connectivity index (χ2n) is 4.39. The summed E-state index contributed by atoms with van der Waals surface area (Å²) in [5.41, 5.74) is 1.05. The SMILES string of the molecule is CC(O)c1ccc(C2=NOC(O)(C(F)(F)F)C2)cc1. The Kier molecular flexibility index (Phi) is 3.27. The van der Waals surface area contributed by atoms with E-state index < -0.39 is 24.5 Å². The lowest BCUT2D eigenvalue weighted by Gasteiger charge is -2.22. The van der Waals surface area contributed by atoms with Gasteiger partial charge in [-0.25, -0.2) is 0 Å². The molecule has 2 N–H and O–H groups in total. The van der Waals surface area contributed by atoms with Gasteiger partial charge in [-0.2, -0.15) is 13.2 Å². The Hall–Kier alpha value is -1.60. The number of rotatable bonds is 2. The topological polar surface area (TPSA) is 62.1 Å². The highest BCUT2D eigenvalue weighted by molar-refractivity contribution is 6.01. The van der Waals surface area contributed by atoms with Crippen LogP contribution in [0.1, 0.15) is 30.6 Å². The molecule has 2 rings (SSSR count). The average Bonchev–Trinajstić information content (AvgIpc) is 2.73. The van der Waals surface area contributed by atoms with E-state index in [1.54, 1.807) is 19.1 Å². The fourth-order valence-corrected chi connectivity index (χ4v) is 1.68. The maximum atomic E-state index is 12.5. The van der Waals surface area contributed by atoms with Gasteiger partial charge < -0.3 is 15.1 Å². The summed E-state index contributed by atoms with van der Waals surface area (Å²) in [5.74, 6) is -3.26. The van der Waals surface area contributed by atoms with E-state index in [1.165, 1.54) is 12.1 Å². The van der Waals surface area contributed by atoms with Crippen molar-refractivity contribution < 1.29 is 28.2 Å². The molecule has 19 heavy (non-hydrogen) atoms. The minimum absolute atomic E-state index is 0.0111. The van der Waals surface area contributed by atoms with E-state index in [9.17, 15) is 23.4 Å². The highest BCUT2D eigenvalue weighted by Gasteiger charge is 2.60. The Balaban J connectivity index is 2.17. The van der Waals surface area contributed by atoms with Crippen molar-refractivity contribution in [2.75, 3.05) is 0 Å². The van der Waals surface area contributed by atoms with Crippen LogP contribution in [-0.2, 0) is 4.84 Å². The van der Waals surface area contributed by atoms with Gasteiger partial charge in [-0.15, -0.1) is 0 Å². The van der Waals surface area contributed by atoms with Crippen LogP contribution in [-0.4, -0.2) is 27.9 Å². The molecule has 0 spiro atoms. The minimum Gasteiger partial charge on any atom is -0.389 e. The summed E-state index contributed by atoms with van der Waals surface area (Å²) in [7, 11) is 0. The van der Waals surface area contributed by atoms with Crippen LogP contribution in [0.25, 0.3) is 0 Å². The molecule has 1 aromatic carbocycles. The Bertz CT molecular complexity index is 496. The predicted molar refractivity (Wildman–Crippen MR) is 60.3 cm³/mol. The molecule has 0 saturated carbocycles. The first-order valence-electron chi connectivity index (χ1n) is 5.55. The standard InChI is InChI=1S/C12H12F3NO3/c1-7(17)8-2-4-9(5-3-8)10-6-11(18,19-16-10)12(13,14)15/h2-5,7,17-18H,6H2,1H3. The molecule has 4 nitrogen and oxygen atoms in total. The van der Waals surface area contributed by atoms with E-state index in [4.69, 9.17) is 0 Å². The largest absolute Gasteiger partial charge is 0.458 e. The summed E-state index contributed by atoms with van der Waals surface area (Å²) in [6.07, 6.45) is -6.33. The first-order chi connectivity index (χ1) is 8.73. The third-order valence-electron chi connectivity index (χ3n) is 2.88. The van der Waals surface area contributed by atoms with Crippen molar-refractivity contribution >= 4 is 5.71 Å². The Morgan fingerprint density at radius 2 is 1.89 bits per heavy atom. The minimum atomic E-state index is -4.90. The molecule has 2 unspecified atom stereocenters. The Labute approximate surface area is 107 Å². The first-order valence-corrected chi connectivity index (χ1v) is 5.55. The number of hydrogen-bond donors (Lipinski definition) is 2. The molecule has 2 atom stereocenters. The van der Waals surface area contributed by atoms with Crippen molar-refractivity contribution in [2.45, 2.75) is 31.4 Å². The lowest BCUT2D eigenvalue weighted by molar-refractivity contribution is -0.355. The molecular formula is C12H12F3NO3. The third-order valence-corrected chi connectivity index (χ3v) is 2.88. The Morgan fingerprint density at radius 1 is 1.32 bits per heavy atom. The zero-order chi connectivity index (χ0) is 14.3. The van der Waals surface area contributed by atoms with Gasteiger partial charge in [0.2, 0.25) is 0 Å². The monoisotopic (exact) mass is 275 g/mol. The number of halogens is 3. The summed E-state index contributed by atoms with van der Waals surface area (Å²) < 4.78 is 37.6. The van der Waals surface area contributed by atoms with Crippen molar-refractivity contribution in [3.63, 3.8) is 0 Å². The van der Waals surface area contributed by atoms with Crippen LogP contribution in [0.3, 0.4) is 0 Å². The second-order valence-corrected chi connectivity index (χ2v) is 4.39. The molecule has 0 amide bonds. The van der Waals surface area contributed by atoms with Gasteiger partial charge in [0, 0.05) is 0 Å². The molecular weight excluding hydrogens is 263 g/mol. The van der Waals surface area contributed by atoms with Gasteiger partial charge in [0.25, 0.3) is 0 Å². The molecule has 1 aliphatic heterocycles. The summed E-state index contributed by atoms with van der Waals surface area (Å²) in [5, 5.41) is 21.9. The molecule has 0 bridgehead atoms. The molecule has 0 aromatic heterocycles. The molecule has 0 aliphatic carbocycles. The van der Waals surface area contributed by atoms with Gasteiger partial charge in [0.15, 0.2) is 0 Å². The molecule has 1 heterocycles. The lowest BCUT2D eigenvalue weighted by atomic mass is 10.0. The fourth-order valence-electron chi connectivity index (χ4n) is 1.68. The van der Waals surface area contributed by atoms with Crippen LogP contribution in [0.4, 0.5) is 13.2 Å². The second kappa shape index (κ2) is 4.50. The predicted octanol–water partition coefficient (Wildman–Crippen LogP) is 2.12. The Morgan fingerprint density at radius 3 is 2.32 bits per heavy atom.